The van der Waals surface area contributed by atoms with Crippen molar-refractivity contribution < 1.29 is 4.39 Å². The number of fused-ring (bicyclic) bond motifs is 1. The molecule has 0 bridgehead atoms. The summed E-state index contributed by atoms with van der Waals surface area (Å²) in [7, 11) is 0. The van der Waals surface area contributed by atoms with Gasteiger partial charge < -0.3 is 5.32 Å². The summed E-state index contributed by atoms with van der Waals surface area (Å²) in [4.78, 5) is 6.13. The molecule has 4 heteroatoms. The fourth-order valence-corrected chi connectivity index (χ4v) is 3.90. The zero-order valence-corrected chi connectivity index (χ0v) is 12.6. The number of rotatable bonds is 4. The molecule has 2 aromatic rings. The normalized spacial score (nSPS) is 15.6. The van der Waals surface area contributed by atoms with Crippen molar-refractivity contribution in [1.82, 2.24) is 10.3 Å². The average Bonchev–Trinajstić information content (AvgIpc) is 2.97. The second-order valence-corrected chi connectivity index (χ2v) is 6.67. The van der Waals surface area contributed by atoms with Gasteiger partial charge >= 0.3 is 0 Å². The summed E-state index contributed by atoms with van der Waals surface area (Å²) in [5.74, 6) is -0.166. The Bertz CT molecular complexity index is 585. The predicted octanol–water partition coefficient (Wildman–Crippen LogP) is 3.86. The molecule has 1 unspecified atom stereocenters. The number of aromatic nitrogens is 1. The highest BCUT2D eigenvalue weighted by molar-refractivity contribution is 7.11. The molecule has 1 aliphatic rings. The minimum absolute atomic E-state index is 0.146. The van der Waals surface area contributed by atoms with E-state index >= 15 is 0 Å². The third kappa shape index (κ3) is 2.63. The molecule has 0 radical (unpaired) electrons. The van der Waals surface area contributed by atoms with Gasteiger partial charge in [-0.1, -0.05) is 18.2 Å². The molecule has 0 aliphatic heterocycles. The molecule has 1 aromatic carbocycles. The Kier molecular flexibility index (Phi) is 3.85. The first-order valence-electron chi connectivity index (χ1n) is 7.14. The van der Waals surface area contributed by atoms with Crippen LogP contribution < -0.4 is 5.32 Å². The molecule has 3 rings (SSSR count). The molecule has 0 spiro atoms. The molecule has 2 nitrogen and oxygen atoms in total. The van der Waals surface area contributed by atoms with Crippen LogP contribution in [0.3, 0.4) is 0 Å². The van der Waals surface area contributed by atoms with E-state index in [1.54, 1.807) is 17.4 Å². The van der Waals surface area contributed by atoms with Crippen molar-refractivity contribution in [1.29, 1.82) is 0 Å². The van der Waals surface area contributed by atoms with Gasteiger partial charge in [0.15, 0.2) is 0 Å². The first-order valence-corrected chi connectivity index (χ1v) is 7.95. The summed E-state index contributed by atoms with van der Waals surface area (Å²) in [6, 6.07) is 7.11. The lowest BCUT2D eigenvalue weighted by Crippen LogP contribution is -2.29. The van der Waals surface area contributed by atoms with Crippen molar-refractivity contribution in [2.24, 2.45) is 0 Å². The van der Waals surface area contributed by atoms with Crippen LogP contribution in [0.4, 0.5) is 4.39 Å². The number of halogens is 1. The van der Waals surface area contributed by atoms with E-state index < -0.39 is 0 Å². The quantitative estimate of drug-likeness (QED) is 0.925. The van der Waals surface area contributed by atoms with E-state index in [9.17, 15) is 4.39 Å². The smallest absolute Gasteiger partial charge is 0.128 e. The number of hydrogen-bond acceptors (Lipinski definition) is 3. The maximum Gasteiger partial charge on any atom is 0.128 e. The zero-order valence-electron chi connectivity index (χ0n) is 11.8. The van der Waals surface area contributed by atoms with Gasteiger partial charge in [0, 0.05) is 16.5 Å². The summed E-state index contributed by atoms with van der Waals surface area (Å²) < 4.78 is 14.1. The van der Waals surface area contributed by atoms with Crippen molar-refractivity contribution in [2.45, 2.75) is 45.2 Å². The highest BCUT2D eigenvalue weighted by Crippen LogP contribution is 2.34. The Morgan fingerprint density at radius 2 is 2.05 bits per heavy atom. The fraction of sp³-hybridized carbons (Fsp3) is 0.438. The van der Waals surface area contributed by atoms with Gasteiger partial charge in [-0.3, -0.25) is 0 Å². The molecule has 1 heterocycles. The van der Waals surface area contributed by atoms with Crippen LogP contribution in [-0.2, 0) is 12.8 Å². The Hall–Kier alpha value is -1.26. The summed E-state index contributed by atoms with van der Waals surface area (Å²) in [6.45, 7) is 4.16. The molecular weight excluding hydrogens is 271 g/mol. The van der Waals surface area contributed by atoms with Gasteiger partial charge in [0.2, 0.25) is 0 Å². The van der Waals surface area contributed by atoms with E-state index in [2.05, 4.69) is 19.2 Å². The number of aryl methyl sites for hydroxylation is 2. The number of hydrogen-bond donors (Lipinski definition) is 1. The van der Waals surface area contributed by atoms with E-state index in [1.807, 2.05) is 12.1 Å². The molecular formula is C16H19FN2S. The van der Waals surface area contributed by atoms with E-state index in [-0.39, 0.29) is 17.9 Å². The molecule has 0 amide bonds. The molecule has 0 saturated carbocycles. The molecule has 1 aliphatic carbocycles. The molecule has 0 fully saturated rings. The van der Waals surface area contributed by atoms with Crippen molar-refractivity contribution in [3.05, 3.63) is 51.2 Å². The van der Waals surface area contributed by atoms with Crippen LogP contribution in [0.5, 0.6) is 0 Å². The van der Waals surface area contributed by atoms with E-state index in [1.165, 1.54) is 23.1 Å². The molecule has 106 valence electrons. The Morgan fingerprint density at radius 3 is 2.75 bits per heavy atom. The van der Waals surface area contributed by atoms with Crippen molar-refractivity contribution in [2.75, 3.05) is 0 Å². The van der Waals surface area contributed by atoms with Gasteiger partial charge in [-0.2, -0.15) is 0 Å². The van der Waals surface area contributed by atoms with E-state index in [0.717, 1.165) is 17.8 Å². The zero-order chi connectivity index (χ0) is 14.1. The van der Waals surface area contributed by atoms with Crippen LogP contribution in [0.2, 0.25) is 0 Å². The van der Waals surface area contributed by atoms with Crippen LogP contribution >= 0.6 is 11.3 Å². The van der Waals surface area contributed by atoms with Crippen LogP contribution in [0.25, 0.3) is 0 Å². The topological polar surface area (TPSA) is 24.9 Å². The van der Waals surface area contributed by atoms with Gasteiger partial charge in [0.05, 0.1) is 11.7 Å². The van der Waals surface area contributed by atoms with Gasteiger partial charge in [0.25, 0.3) is 0 Å². The molecule has 1 aromatic heterocycles. The number of nitrogens with one attached hydrogen (secondary N) is 1. The number of thiazole rings is 1. The SMILES string of the molecule is CC(C)NC(c1nc2c(s1)CCC2)c1ccccc1F. The fourth-order valence-electron chi connectivity index (χ4n) is 2.67. The second kappa shape index (κ2) is 5.62. The maximum absolute atomic E-state index is 14.1. The van der Waals surface area contributed by atoms with Crippen LogP contribution in [0.1, 0.15) is 47.5 Å². The lowest BCUT2D eigenvalue weighted by Gasteiger charge is -2.20. The highest BCUT2D eigenvalue weighted by Gasteiger charge is 2.25. The van der Waals surface area contributed by atoms with Gasteiger partial charge in [-0.15, -0.1) is 11.3 Å². The summed E-state index contributed by atoms with van der Waals surface area (Å²) in [6.07, 6.45) is 3.40. The van der Waals surface area contributed by atoms with E-state index in [0.29, 0.717) is 5.56 Å². The average molecular weight is 290 g/mol. The standard InChI is InChI=1S/C16H19FN2S/c1-10(2)18-15(11-6-3-4-7-12(11)17)16-19-13-8-5-9-14(13)20-16/h3-4,6-7,10,15,18H,5,8-9H2,1-2H3. The minimum atomic E-state index is -0.166. The van der Waals surface area contributed by atoms with Gasteiger partial charge in [0.1, 0.15) is 10.8 Å². The van der Waals surface area contributed by atoms with Crippen molar-refractivity contribution in [3.63, 3.8) is 0 Å². The van der Waals surface area contributed by atoms with Crippen molar-refractivity contribution in [3.8, 4) is 0 Å². The molecule has 1 N–H and O–H groups in total. The Balaban J connectivity index is 1.99. The summed E-state index contributed by atoms with van der Waals surface area (Å²) in [5.41, 5.74) is 1.91. The number of nitrogens with zero attached hydrogens (tertiary/aromatic N) is 1. The largest absolute Gasteiger partial charge is 0.302 e. The summed E-state index contributed by atoms with van der Waals surface area (Å²) >= 11 is 1.74. The first-order chi connectivity index (χ1) is 9.65. The highest BCUT2D eigenvalue weighted by atomic mass is 32.1. The second-order valence-electron chi connectivity index (χ2n) is 5.55. The van der Waals surface area contributed by atoms with Crippen LogP contribution in [-0.4, -0.2) is 11.0 Å². The third-order valence-electron chi connectivity index (χ3n) is 3.58. The summed E-state index contributed by atoms with van der Waals surface area (Å²) in [5, 5.41) is 4.44. The Morgan fingerprint density at radius 1 is 1.25 bits per heavy atom. The lowest BCUT2D eigenvalue weighted by molar-refractivity contribution is 0.501. The molecule has 0 saturated heterocycles. The van der Waals surface area contributed by atoms with E-state index in [4.69, 9.17) is 4.98 Å². The first kappa shape index (κ1) is 13.7. The molecule has 20 heavy (non-hydrogen) atoms. The monoisotopic (exact) mass is 290 g/mol. The van der Waals surface area contributed by atoms with Gasteiger partial charge in [-0.05, 0) is 39.2 Å². The third-order valence-corrected chi connectivity index (χ3v) is 4.80. The van der Waals surface area contributed by atoms with Crippen molar-refractivity contribution >= 4 is 11.3 Å². The lowest BCUT2D eigenvalue weighted by atomic mass is 10.1. The van der Waals surface area contributed by atoms with Gasteiger partial charge in [-0.25, -0.2) is 9.37 Å². The predicted molar refractivity (Wildman–Crippen MR) is 80.7 cm³/mol. The van der Waals surface area contributed by atoms with Crippen LogP contribution in [0.15, 0.2) is 24.3 Å². The maximum atomic E-state index is 14.1. The van der Waals surface area contributed by atoms with Crippen LogP contribution in [0, 0.1) is 5.82 Å². The molecule has 1 atom stereocenters. The minimum Gasteiger partial charge on any atom is -0.302 e. The Labute approximate surface area is 123 Å². The number of benzene rings is 1.